The molecule has 0 bridgehead atoms. The van der Waals surface area contributed by atoms with Crippen molar-refractivity contribution in [1.29, 1.82) is 0 Å². The van der Waals surface area contributed by atoms with E-state index >= 15 is 0 Å². The van der Waals surface area contributed by atoms with Crippen LogP contribution in [0.4, 0.5) is 0 Å². The summed E-state index contributed by atoms with van der Waals surface area (Å²) >= 11 is 0. The van der Waals surface area contributed by atoms with Crippen LogP contribution in [0, 0.1) is 23.7 Å². The summed E-state index contributed by atoms with van der Waals surface area (Å²) in [6.07, 6.45) is 4.82. The molecule has 0 spiro atoms. The van der Waals surface area contributed by atoms with E-state index in [1.807, 2.05) is 0 Å². The Hall–Kier alpha value is -0.0231. The third-order valence-electron chi connectivity index (χ3n) is 8.25. The Labute approximate surface area is 197 Å². The first kappa shape index (κ1) is 28.2. The molecule has 1 heterocycles. The fraction of sp³-hybridized carbons (Fsp3) is 1.00. The molecular formula is C25H51NO5Si. The van der Waals surface area contributed by atoms with E-state index < -0.39 is 26.0 Å². The molecule has 1 saturated heterocycles. The first-order valence-corrected chi connectivity index (χ1v) is 16.6. The van der Waals surface area contributed by atoms with Gasteiger partial charge in [-0.15, -0.1) is 0 Å². The minimum absolute atomic E-state index is 0.0134. The Kier molecular flexibility index (Phi) is 10.2. The molecule has 1 aliphatic heterocycles. The molecule has 2 rings (SSSR count). The molecule has 1 saturated carbocycles. The van der Waals surface area contributed by atoms with Crippen LogP contribution in [-0.2, 0) is 9.62 Å². The van der Waals surface area contributed by atoms with Gasteiger partial charge in [-0.05, 0) is 89.0 Å². The van der Waals surface area contributed by atoms with Crippen molar-refractivity contribution in [1.82, 2.24) is 5.32 Å². The number of ether oxygens (including phenoxy) is 1. The lowest BCUT2D eigenvalue weighted by Crippen LogP contribution is -2.58. The van der Waals surface area contributed by atoms with Gasteiger partial charge >= 0.3 is 0 Å². The fourth-order valence-corrected chi connectivity index (χ4v) is 7.23. The van der Waals surface area contributed by atoms with Crippen molar-refractivity contribution in [2.75, 3.05) is 13.2 Å². The number of fused-ring (bicyclic) bond motifs is 1. The molecule has 7 unspecified atom stereocenters. The van der Waals surface area contributed by atoms with Crippen LogP contribution in [0.3, 0.4) is 0 Å². The highest BCUT2D eigenvalue weighted by Crippen LogP contribution is 2.52. The van der Waals surface area contributed by atoms with Crippen molar-refractivity contribution >= 4 is 8.07 Å². The van der Waals surface area contributed by atoms with Gasteiger partial charge in [0.25, 0.3) is 0 Å². The highest BCUT2D eigenvalue weighted by Gasteiger charge is 2.56. The van der Waals surface area contributed by atoms with Crippen molar-refractivity contribution < 1.29 is 25.1 Å². The smallest absolute Gasteiger partial charge is 0.133 e. The van der Waals surface area contributed by atoms with Crippen LogP contribution >= 0.6 is 0 Å². The minimum atomic E-state index is -1.05. The van der Waals surface area contributed by atoms with Crippen LogP contribution in [0.1, 0.15) is 72.6 Å². The summed E-state index contributed by atoms with van der Waals surface area (Å²) < 4.78 is 6.23. The predicted molar refractivity (Wildman–Crippen MR) is 132 cm³/mol. The SMILES string of the molecule is CC1CCC(C(C)C(O)CCC(O)NCCC[Si](C)(C)C)C2(OO)COC(C)(C)CCC12. The molecule has 0 amide bonds. The summed E-state index contributed by atoms with van der Waals surface area (Å²) in [5.74, 6) is 0.615. The second kappa shape index (κ2) is 11.6. The summed E-state index contributed by atoms with van der Waals surface area (Å²) in [4.78, 5) is 5.33. The zero-order valence-corrected chi connectivity index (χ0v) is 22.7. The normalized spacial score (nSPS) is 33.8. The van der Waals surface area contributed by atoms with Crippen molar-refractivity contribution in [3.8, 4) is 0 Å². The Morgan fingerprint density at radius 3 is 2.44 bits per heavy atom. The van der Waals surface area contributed by atoms with Crippen LogP contribution in [0.5, 0.6) is 0 Å². The van der Waals surface area contributed by atoms with E-state index in [0.717, 1.165) is 38.6 Å². The molecule has 0 radical (unpaired) electrons. The van der Waals surface area contributed by atoms with Gasteiger partial charge in [0.05, 0.1) is 18.3 Å². The molecule has 32 heavy (non-hydrogen) atoms. The number of aliphatic hydroxyl groups is 2. The standard InChI is InChI=1S/C25H51NO5Si/c1-18-9-10-21(25(31-29)17-30-24(3,4)14-13-20(18)25)19(2)22(27)11-12-23(28)26-15-8-16-32(5,6)7/h18-23,26-29H,8-17H2,1-7H3. The van der Waals surface area contributed by atoms with Crippen molar-refractivity contribution in [3.63, 3.8) is 0 Å². The number of hydrogen-bond acceptors (Lipinski definition) is 6. The molecule has 4 N–H and O–H groups in total. The van der Waals surface area contributed by atoms with E-state index in [0.29, 0.717) is 25.4 Å². The molecule has 0 aromatic carbocycles. The number of rotatable bonds is 11. The number of aliphatic hydroxyl groups excluding tert-OH is 2. The lowest BCUT2D eigenvalue weighted by molar-refractivity contribution is -0.378. The van der Waals surface area contributed by atoms with Gasteiger partial charge in [0.15, 0.2) is 0 Å². The largest absolute Gasteiger partial charge is 0.393 e. The molecule has 1 aliphatic carbocycles. The van der Waals surface area contributed by atoms with Crippen LogP contribution < -0.4 is 5.32 Å². The highest BCUT2D eigenvalue weighted by molar-refractivity contribution is 6.76. The molecule has 6 nitrogen and oxygen atoms in total. The van der Waals surface area contributed by atoms with E-state index in [1.54, 1.807) is 0 Å². The quantitative estimate of drug-likeness (QED) is 0.112. The maximum atomic E-state index is 11.0. The Morgan fingerprint density at radius 2 is 1.81 bits per heavy atom. The van der Waals surface area contributed by atoms with Gasteiger partial charge in [0.1, 0.15) is 11.8 Å². The van der Waals surface area contributed by atoms with Gasteiger partial charge < -0.3 is 14.9 Å². The Balaban J connectivity index is 1.95. The first-order chi connectivity index (χ1) is 14.8. The molecule has 2 fully saturated rings. The fourth-order valence-electron chi connectivity index (χ4n) is 5.99. The van der Waals surface area contributed by atoms with Crippen molar-refractivity contribution in [3.05, 3.63) is 0 Å². The third kappa shape index (κ3) is 7.49. The molecule has 7 heteroatoms. The molecule has 0 aromatic rings. The zero-order valence-electron chi connectivity index (χ0n) is 21.7. The van der Waals surface area contributed by atoms with E-state index in [-0.39, 0.29) is 23.4 Å². The van der Waals surface area contributed by atoms with E-state index in [2.05, 4.69) is 52.7 Å². The second-order valence-electron chi connectivity index (χ2n) is 12.5. The average molecular weight is 474 g/mol. The van der Waals surface area contributed by atoms with Gasteiger partial charge in [0.2, 0.25) is 0 Å². The number of hydrogen-bond donors (Lipinski definition) is 4. The van der Waals surface area contributed by atoms with E-state index in [9.17, 15) is 15.5 Å². The van der Waals surface area contributed by atoms with Crippen LogP contribution in [0.15, 0.2) is 0 Å². The highest BCUT2D eigenvalue weighted by atomic mass is 28.3. The van der Waals surface area contributed by atoms with Gasteiger partial charge in [0, 0.05) is 8.07 Å². The van der Waals surface area contributed by atoms with E-state index in [4.69, 9.17) is 9.62 Å². The van der Waals surface area contributed by atoms with Crippen LogP contribution in [0.25, 0.3) is 0 Å². The van der Waals surface area contributed by atoms with Crippen molar-refractivity contribution in [2.45, 2.75) is 122 Å². The zero-order chi connectivity index (χ0) is 24.2. The molecule has 7 atom stereocenters. The maximum Gasteiger partial charge on any atom is 0.133 e. The first-order valence-electron chi connectivity index (χ1n) is 12.9. The second-order valence-corrected chi connectivity index (χ2v) is 18.2. The van der Waals surface area contributed by atoms with Crippen LogP contribution in [0.2, 0.25) is 25.7 Å². The van der Waals surface area contributed by atoms with Gasteiger partial charge in [-0.25, -0.2) is 4.89 Å². The topological polar surface area (TPSA) is 91.2 Å². The summed E-state index contributed by atoms with van der Waals surface area (Å²) in [5, 5.41) is 34.7. The van der Waals surface area contributed by atoms with Crippen molar-refractivity contribution in [2.24, 2.45) is 23.7 Å². The average Bonchev–Trinajstić information content (AvgIpc) is 2.85. The third-order valence-corrected chi connectivity index (χ3v) is 10.1. The predicted octanol–water partition coefficient (Wildman–Crippen LogP) is 4.88. The van der Waals surface area contributed by atoms with E-state index in [1.165, 1.54) is 6.04 Å². The van der Waals surface area contributed by atoms with Gasteiger partial charge in [-0.3, -0.25) is 10.6 Å². The number of nitrogens with one attached hydrogen (secondary N) is 1. The molecule has 190 valence electrons. The summed E-state index contributed by atoms with van der Waals surface area (Å²) in [6, 6.07) is 1.25. The lowest BCUT2D eigenvalue weighted by Gasteiger charge is -2.51. The molecule has 0 aromatic heterocycles. The maximum absolute atomic E-state index is 11.0. The summed E-state index contributed by atoms with van der Waals surface area (Å²) in [7, 11) is -1.05. The Morgan fingerprint density at radius 1 is 1.12 bits per heavy atom. The van der Waals surface area contributed by atoms with Gasteiger partial charge in [-0.1, -0.05) is 39.5 Å². The summed E-state index contributed by atoms with van der Waals surface area (Å²) in [5.41, 5.74) is -1.01. The summed E-state index contributed by atoms with van der Waals surface area (Å²) in [6.45, 7) is 16.8. The lowest BCUT2D eigenvalue weighted by atomic mass is 9.59. The van der Waals surface area contributed by atoms with Crippen LogP contribution in [-0.4, -0.2) is 60.2 Å². The minimum Gasteiger partial charge on any atom is -0.393 e. The monoisotopic (exact) mass is 473 g/mol. The molecule has 2 aliphatic rings. The Bertz CT molecular complexity index is 569. The molecular weight excluding hydrogens is 422 g/mol. The van der Waals surface area contributed by atoms with Gasteiger partial charge in [-0.2, -0.15) is 0 Å².